The van der Waals surface area contributed by atoms with E-state index in [-0.39, 0.29) is 11.8 Å². The van der Waals surface area contributed by atoms with E-state index >= 15 is 0 Å². The van der Waals surface area contributed by atoms with Gasteiger partial charge in [-0.3, -0.25) is 9.69 Å². The molecule has 0 radical (unpaired) electrons. The lowest BCUT2D eigenvalue weighted by atomic mass is 9.96. The van der Waals surface area contributed by atoms with Gasteiger partial charge >= 0.3 is 0 Å². The molecule has 38 heavy (non-hydrogen) atoms. The Hall–Kier alpha value is -3.88. The van der Waals surface area contributed by atoms with Crippen LogP contribution in [0.15, 0.2) is 71.3 Å². The second kappa shape index (κ2) is 11.7. The van der Waals surface area contributed by atoms with E-state index in [4.69, 9.17) is 25.6 Å². The van der Waals surface area contributed by atoms with Crippen molar-refractivity contribution < 1.29 is 18.8 Å². The monoisotopic (exact) mass is 532 g/mol. The van der Waals surface area contributed by atoms with Crippen LogP contribution in [0.2, 0.25) is 5.02 Å². The van der Waals surface area contributed by atoms with E-state index in [9.17, 15) is 4.79 Å². The Kier molecular flexibility index (Phi) is 7.91. The third-order valence-electron chi connectivity index (χ3n) is 6.66. The van der Waals surface area contributed by atoms with Gasteiger partial charge in [-0.2, -0.15) is 4.98 Å². The van der Waals surface area contributed by atoms with Gasteiger partial charge in [0.2, 0.25) is 17.6 Å². The number of hydrogen-bond donors (Lipinski definition) is 1. The third-order valence-corrected chi connectivity index (χ3v) is 6.89. The van der Waals surface area contributed by atoms with Crippen molar-refractivity contribution >= 4 is 23.2 Å². The maximum Gasteiger partial charge on any atom is 0.241 e. The highest BCUT2D eigenvalue weighted by Crippen LogP contribution is 2.34. The van der Waals surface area contributed by atoms with Gasteiger partial charge in [0.25, 0.3) is 0 Å². The minimum atomic E-state index is -0.121. The van der Waals surface area contributed by atoms with Crippen molar-refractivity contribution in [3.63, 3.8) is 0 Å². The molecule has 0 atom stereocenters. The number of ether oxygens (including phenoxy) is 2. The molecule has 1 aliphatic rings. The van der Waals surface area contributed by atoms with E-state index in [1.165, 1.54) is 0 Å². The van der Waals surface area contributed by atoms with Gasteiger partial charge in [-0.25, -0.2) is 0 Å². The molecule has 4 aromatic rings. The Balaban J connectivity index is 1.17. The van der Waals surface area contributed by atoms with Crippen LogP contribution in [0.3, 0.4) is 0 Å². The summed E-state index contributed by atoms with van der Waals surface area (Å²) in [6.07, 6.45) is 1.44. The van der Waals surface area contributed by atoms with Crippen LogP contribution in [-0.2, 0) is 11.3 Å². The molecule has 1 N–H and O–H groups in total. The molecule has 1 saturated heterocycles. The van der Waals surface area contributed by atoms with Gasteiger partial charge < -0.3 is 19.3 Å². The van der Waals surface area contributed by atoms with Crippen molar-refractivity contribution in [3.05, 3.63) is 83.2 Å². The van der Waals surface area contributed by atoms with E-state index in [0.29, 0.717) is 40.5 Å². The first-order valence-electron chi connectivity index (χ1n) is 12.5. The Bertz CT molecular complexity index is 1400. The van der Waals surface area contributed by atoms with E-state index in [1.54, 1.807) is 25.3 Å². The molecule has 1 aliphatic heterocycles. The van der Waals surface area contributed by atoms with Crippen LogP contribution in [-0.4, -0.2) is 41.1 Å². The topological polar surface area (TPSA) is 89.7 Å². The van der Waals surface area contributed by atoms with Crippen LogP contribution < -0.4 is 14.8 Å². The Morgan fingerprint density at radius 3 is 2.55 bits per heavy atom. The normalized spacial score (nSPS) is 14.3. The maximum absolute atomic E-state index is 13.1. The number of nitrogens with one attached hydrogen (secondary N) is 1. The van der Waals surface area contributed by atoms with Crippen molar-refractivity contribution in [1.82, 2.24) is 15.0 Å². The van der Waals surface area contributed by atoms with Crippen molar-refractivity contribution in [2.24, 2.45) is 5.92 Å². The largest absolute Gasteiger partial charge is 0.497 e. The van der Waals surface area contributed by atoms with Crippen molar-refractivity contribution in [2.75, 3.05) is 25.5 Å². The predicted octanol–water partition coefficient (Wildman–Crippen LogP) is 6.35. The Labute approximate surface area is 226 Å². The maximum atomic E-state index is 13.1. The lowest BCUT2D eigenvalue weighted by Gasteiger charge is -2.30. The van der Waals surface area contributed by atoms with Crippen LogP contribution in [0.25, 0.3) is 11.4 Å². The number of halogens is 1. The molecule has 0 saturated carbocycles. The third kappa shape index (κ3) is 6.15. The molecule has 8 nitrogen and oxygen atoms in total. The van der Waals surface area contributed by atoms with Crippen LogP contribution in [0, 0.1) is 12.8 Å². The number of piperidine rings is 1. The van der Waals surface area contributed by atoms with Crippen molar-refractivity contribution in [2.45, 2.75) is 26.3 Å². The van der Waals surface area contributed by atoms with Gasteiger partial charge in [-0.15, -0.1) is 0 Å². The van der Waals surface area contributed by atoms with Gasteiger partial charge in [0, 0.05) is 16.5 Å². The highest BCUT2D eigenvalue weighted by molar-refractivity contribution is 6.31. The van der Waals surface area contributed by atoms with Crippen LogP contribution in [0.1, 0.15) is 24.3 Å². The molecule has 5 rings (SSSR count). The molecular formula is C29H29ClN4O4. The van der Waals surface area contributed by atoms with E-state index in [1.807, 2.05) is 55.5 Å². The van der Waals surface area contributed by atoms with Gasteiger partial charge in [0.15, 0.2) is 5.75 Å². The lowest BCUT2D eigenvalue weighted by Crippen LogP contribution is -2.37. The van der Waals surface area contributed by atoms with E-state index < -0.39 is 0 Å². The standard InChI is InChI=1S/C29H29ClN4O4/c1-19-5-3-4-6-24(19)28-32-27(38-33-28)18-34-15-13-20(14-16-34)29(35)31-25-17-21(30)7-12-26(25)37-23-10-8-22(36-2)9-11-23/h3-12,17,20H,13-16,18H2,1-2H3,(H,31,35). The summed E-state index contributed by atoms with van der Waals surface area (Å²) in [6.45, 7) is 4.09. The molecule has 3 aromatic carbocycles. The molecule has 1 amide bonds. The number of likely N-dealkylation sites (tertiary alicyclic amines) is 1. The number of rotatable bonds is 8. The fourth-order valence-electron chi connectivity index (χ4n) is 4.49. The zero-order chi connectivity index (χ0) is 26.5. The molecule has 1 fully saturated rings. The van der Waals surface area contributed by atoms with Gasteiger partial charge in [0.05, 0.1) is 19.3 Å². The van der Waals surface area contributed by atoms with Crippen molar-refractivity contribution in [3.8, 4) is 28.6 Å². The lowest BCUT2D eigenvalue weighted by molar-refractivity contribution is -0.121. The highest BCUT2D eigenvalue weighted by atomic mass is 35.5. The predicted molar refractivity (Wildman–Crippen MR) is 146 cm³/mol. The number of hydrogen-bond acceptors (Lipinski definition) is 7. The molecule has 0 aliphatic carbocycles. The number of benzene rings is 3. The van der Waals surface area contributed by atoms with Crippen molar-refractivity contribution in [1.29, 1.82) is 0 Å². The number of anilines is 1. The molecule has 2 heterocycles. The number of methoxy groups -OCH3 is 1. The summed E-state index contributed by atoms with van der Waals surface area (Å²) >= 11 is 6.22. The number of aryl methyl sites for hydroxylation is 1. The molecule has 0 spiro atoms. The average molecular weight is 533 g/mol. The number of carbonyl (C=O) groups excluding carboxylic acids is 1. The van der Waals surface area contributed by atoms with Gasteiger partial charge in [0.1, 0.15) is 11.5 Å². The smallest absolute Gasteiger partial charge is 0.241 e. The summed E-state index contributed by atoms with van der Waals surface area (Å²) < 4.78 is 16.7. The second-order valence-electron chi connectivity index (χ2n) is 9.28. The van der Waals surface area contributed by atoms with Crippen LogP contribution in [0.4, 0.5) is 5.69 Å². The fourth-order valence-corrected chi connectivity index (χ4v) is 4.66. The zero-order valence-corrected chi connectivity index (χ0v) is 22.1. The molecule has 196 valence electrons. The summed E-state index contributed by atoms with van der Waals surface area (Å²) in [4.78, 5) is 19.9. The number of amides is 1. The molecule has 0 unspecified atom stereocenters. The number of nitrogens with zero attached hydrogens (tertiary/aromatic N) is 3. The molecule has 0 bridgehead atoms. The first-order chi connectivity index (χ1) is 18.5. The fraction of sp³-hybridized carbons (Fsp3) is 0.276. The molecular weight excluding hydrogens is 504 g/mol. The minimum absolute atomic E-state index is 0.0499. The van der Waals surface area contributed by atoms with Crippen LogP contribution in [0.5, 0.6) is 17.2 Å². The molecule has 9 heteroatoms. The summed E-state index contributed by atoms with van der Waals surface area (Å²) in [5.41, 5.74) is 2.61. The second-order valence-corrected chi connectivity index (χ2v) is 9.72. The molecule has 1 aromatic heterocycles. The highest BCUT2D eigenvalue weighted by Gasteiger charge is 2.27. The number of aromatic nitrogens is 2. The summed E-state index contributed by atoms with van der Waals surface area (Å²) in [5, 5.41) is 7.69. The first-order valence-corrected chi connectivity index (χ1v) is 12.9. The Morgan fingerprint density at radius 1 is 1.08 bits per heavy atom. The SMILES string of the molecule is COc1ccc(Oc2ccc(Cl)cc2NC(=O)C2CCN(Cc3nc(-c4ccccc4C)no3)CC2)cc1. The Morgan fingerprint density at radius 2 is 1.82 bits per heavy atom. The summed E-state index contributed by atoms with van der Waals surface area (Å²) in [5.74, 6) is 2.89. The minimum Gasteiger partial charge on any atom is -0.497 e. The van der Waals surface area contributed by atoms with Gasteiger partial charge in [-0.1, -0.05) is 41.0 Å². The van der Waals surface area contributed by atoms with E-state index in [0.717, 1.165) is 42.8 Å². The van der Waals surface area contributed by atoms with Crippen LogP contribution >= 0.6 is 11.6 Å². The zero-order valence-electron chi connectivity index (χ0n) is 21.3. The summed E-state index contributed by atoms with van der Waals surface area (Å²) in [7, 11) is 1.61. The van der Waals surface area contributed by atoms with E-state index in [2.05, 4.69) is 20.4 Å². The van der Waals surface area contributed by atoms with Gasteiger partial charge in [-0.05, 0) is 80.9 Å². The average Bonchev–Trinajstić information content (AvgIpc) is 3.39. The quantitative estimate of drug-likeness (QED) is 0.283. The first kappa shape index (κ1) is 25.8. The number of carbonyl (C=O) groups is 1. The summed E-state index contributed by atoms with van der Waals surface area (Å²) in [6, 6.07) is 20.4.